The van der Waals surface area contributed by atoms with E-state index in [4.69, 9.17) is 0 Å². The van der Waals surface area contributed by atoms with Crippen LogP contribution in [0.25, 0.3) is 5.57 Å². The molecule has 3 aliphatic carbocycles. The van der Waals surface area contributed by atoms with Crippen LogP contribution in [-0.2, 0) is 4.79 Å². The van der Waals surface area contributed by atoms with Gasteiger partial charge in [0.25, 0.3) is 0 Å². The molecule has 5 rings (SSSR count). The molecule has 0 spiro atoms. The van der Waals surface area contributed by atoms with Crippen LogP contribution in [0.5, 0.6) is 0 Å². The number of fused-ring (bicyclic) bond motifs is 5. The second kappa shape index (κ2) is 6.38. The number of halogens is 1. The van der Waals surface area contributed by atoms with E-state index < -0.39 is 5.95 Å². The lowest BCUT2D eigenvalue weighted by Crippen LogP contribution is -2.48. The molecule has 0 bridgehead atoms. The van der Waals surface area contributed by atoms with Crippen LogP contribution in [0, 0.1) is 34.5 Å². The minimum absolute atomic E-state index is 0.00320. The first-order valence-electron chi connectivity index (χ1n) is 10.9. The van der Waals surface area contributed by atoms with Crippen LogP contribution in [0.15, 0.2) is 47.7 Å². The summed E-state index contributed by atoms with van der Waals surface area (Å²) in [7, 11) is 0. The molecule has 0 saturated heterocycles. The molecule has 4 heteroatoms. The zero-order chi connectivity index (χ0) is 20.4. The topological polar surface area (TPSA) is 42.0 Å². The summed E-state index contributed by atoms with van der Waals surface area (Å²) in [5, 5.41) is 3.05. The highest BCUT2D eigenvalue weighted by molar-refractivity contribution is 5.89. The fraction of sp³-hybridized carbons (Fsp3) is 0.520. The fourth-order valence-electron chi connectivity index (χ4n) is 6.93. The molecule has 1 aromatic heterocycles. The predicted molar refractivity (Wildman–Crippen MR) is 112 cm³/mol. The summed E-state index contributed by atoms with van der Waals surface area (Å²) in [4.78, 5) is 16.1. The Hall–Kier alpha value is -2.23. The Morgan fingerprint density at radius 1 is 1.17 bits per heavy atom. The van der Waals surface area contributed by atoms with E-state index >= 15 is 0 Å². The number of amides is 1. The number of allylic oxidation sites excluding steroid dienone is 5. The Morgan fingerprint density at radius 3 is 2.76 bits per heavy atom. The number of hydrogen-bond donors (Lipinski definition) is 1. The number of carbonyl (C=O) groups excluding carboxylic acids is 1. The van der Waals surface area contributed by atoms with E-state index in [1.54, 1.807) is 6.20 Å². The number of hydrogen-bond acceptors (Lipinski definition) is 2. The van der Waals surface area contributed by atoms with Gasteiger partial charge < -0.3 is 5.32 Å². The highest BCUT2D eigenvalue weighted by Crippen LogP contribution is 2.65. The number of nitrogens with zero attached hydrogens (tertiary/aromatic N) is 1. The van der Waals surface area contributed by atoms with Crippen molar-refractivity contribution in [3.05, 3.63) is 59.2 Å². The van der Waals surface area contributed by atoms with Gasteiger partial charge in [-0.15, -0.1) is 0 Å². The Morgan fingerprint density at radius 2 is 2.00 bits per heavy atom. The van der Waals surface area contributed by atoms with Crippen molar-refractivity contribution in [3.63, 3.8) is 0 Å². The van der Waals surface area contributed by atoms with Crippen LogP contribution in [0.2, 0.25) is 0 Å². The minimum Gasteiger partial charge on any atom is -0.353 e. The molecule has 152 valence electrons. The zero-order valence-corrected chi connectivity index (χ0v) is 17.5. The smallest absolute Gasteiger partial charge is 0.243 e. The molecule has 2 fully saturated rings. The molecule has 1 amide bonds. The largest absolute Gasteiger partial charge is 0.353 e. The van der Waals surface area contributed by atoms with Gasteiger partial charge in [0.1, 0.15) is 0 Å². The van der Waals surface area contributed by atoms with Gasteiger partial charge in [0.2, 0.25) is 11.9 Å². The maximum absolute atomic E-state index is 13.3. The maximum atomic E-state index is 13.3. The van der Waals surface area contributed by atoms with E-state index in [2.05, 4.69) is 43.2 Å². The lowest BCUT2D eigenvalue weighted by molar-refractivity contribution is -0.116. The van der Waals surface area contributed by atoms with E-state index in [-0.39, 0.29) is 16.7 Å². The lowest BCUT2D eigenvalue weighted by atomic mass is 9.47. The molecule has 3 unspecified atom stereocenters. The van der Waals surface area contributed by atoms with Gasteiger partial charge >= 0.3 is 0 Å². The van der Waals surface area contributed by atoms with E-state index in [1.165, 1.54) is 22.8 Å². The van der Waals surface area contributed by atoms with Crippen molar-refractivity contribution in [1.29, 1.82) is 0 Å². The van der Waals surface area contributed by atoms with Crippen molar-refractivity contribution in [2.75, 3.05) is 6.54 Å². The molecule has 29 heavy (non-hydrogen) atoms. The van der Waals surface area contributed by atoms with Gasteiger partial charge in [-0.05, 0) is 72.1 Å². The van der Waals surface area contributed by atoms with E-state index in [0.29, 0.717) is 17.8 Å². The summed E-state index contributed by atoms with van der Waals surface area (Å²) in [6, 6.07) is 3.32. The first kappa shape index (κ1) is 18.8. The monoisotopic (exact) mass is 392 g/mol. The molecular formula is C25H29FN2O. The van der Waals surface area contributed by atoms with E-state index in [9.17, 15) is 9.18 Å². The van der Waals surface area contributed by atoms with Crippen molar-refractivity contribution in [1.82, 2.24) is 10.3 Å². The second-order valence-corrected chi connectivity index (χ2v) is 9.85. The fourth-order valence-corrected chi connectivity index (χ4v) is 6.93. The van der Waals surface area contributed by atoms with Gasteiger partial charge in [0, 0.05) is 24.2 Å². The number of carbonyl (C=O) groups is 1. The molecule has 1 N–H and O–H groups in total. The molecule has 5 atom stereocenters. The third-order valence-electron chi connectivity index (χ3n) is 8.39. The molecule has 0 aromatic carbocycles. The summed E-state index contributed by atoms with van der Waals surface area (Å²) in [5.41, 5.74) is 5.25. The van der Waals surface area contributed by atoms with Crippen LogP contribution < -0.4 is 5.32 Å². The van der Waals surface area contributed by atoms with E-state index in [1.807, 2.05) is 12.1 Å². The molecule has 0 radical (unpaired) electrons. The van der Waals surface area contributed by atoms with Crippen molar-refractivity contribution >= 4 is 11.5 Å². The third kappa shape index (κ3) is 2.68. The standard InChI is InChI=1S/C25H29FN2O/c1-15-12-17-19-6-5-18(16-4-7-22(26)28-14-16)24(19,2)9-8-20(17)25(3)10-11-27-23(29)13-21(15)25/h4-7,13-15,17,20H,8-12H2,1-3H3,(H,27,29)/t15?,17?,20?,24-,25-/m1/s1. The van der Waals surface area contributed by atoms with Crippen LogP contribution in [-0.4, -0.2) is 17.4 Å². The normalized spacial score (nSPS) is 38.6. The summed E-state index contributed by atoms with van der Waals surface area (Å²) in [6.07, 6.45) is 12.5. The Balaban J connectivity index is 1.51. The Kier molecular flexibility index (Phi) is 4.13. The highest BCUT2D eigenvalue weighted by atomic mass is 19.1. The van der Waals surface area contributed by atoms with Gasteiger partial charge in [-0.25, -0.2) is 4.98 Å². The minimum atomic E-state index is -0.431. The molecule has 2 saturated carbocycles. The van der Waals surface area contributed by atoms with Crippen LogP contribution in [0.4, 0.5) is 4.39 Å². The molecule has 1 aliphatic heterocycles. The summed E-state index contributed by atoms with van der Waals surface area (Å²) < 4.78 is 13.3. The average Bonchev–Trinajstić information content (AvgIpc) is 2.94. The first-order valence-corrected chi connectivity index (χ1v) is 10.9. The van der Waals surface area contributed by atoms with Crippen LogP contribution >= 0.6 is 0 Å². The maximum Gasteiger partial charge on any atom is 0.243 e. The van der Waals surface area contributed by atoms with E-state index in [0.717, 1.165) is 37.8 Å². The van der Waals surface area contributed by atoms with Crippen molar-refractivity contribution < 1.29 is 9.18 Å². The number of nitrogens with one attached hydrogen (secondary N) is 1. The number of pyridine rings is 1. The Labute approximate surface area is 172 Å². The SMILES string of the molecule is CC1CC2C3=CC=C(c4ccc(F)nc4)[C@@]3(C)CCC2[C@@]2(C)CCNC(=O)C=C12. The van der Waals surface area contributed by atoms with Crippen molar-refractivity contribution in [2.45, 2.75) is 46.5 Å². The third-order valence-corrected chi connectivity index (χ3v) is 8.39. The lowest BCUT2D eigenvalue weighted by Gasteiger charge is -2.56. The average molecular weight is 393 g/mol. The molecule has 2 heterocycles. The quantitative estimate of drug-likeness (QED) is 0.678. The van der Waals surface area contributed by atoms with Crippen LogP contribution in [0.1, 0.15) is 52.0 Å². The molecular weight excluding hydrogens is 363 g/mol. The summed E-state index contributed by atoms with van der Waals surface area (Å²) in [6.45, 7) is 7.79. The predicted octanol–water partition coefficient (Wildman–Crippen LogP) is 5.07. The van der Waals surface area contributed by atoms with Gasteiger partial charge in [-0.2, -0.15) is 4.39 Å². The molecule has 1 aromatic rings. The van der Waals surface area contributed by atoms with Gasteiger partial charge in [-0.3, -0.25) is 4.79 Å². The number of aromatic nitrogens is 1. The van der Waals surface area contributed by atoms with Gasteiger partial charge in [0.05, 0.1) is 0 Å². The van der Waals surface area contributed by atoms with Gasteiger partial charge in [0.15, 0.2) is 0 Å². The van der Waals surface area contributed by atoms with Crippen molar-refractivity contribution in [2.24, 2.45) is 28.6 Å². The first-order chi connectivity index (χ1) is 13.8. The summed E-state index contributed by atoms with van der Waals surface area (Å²) >= 11 is 0. The van der Waals surface area contributed by atoms with Crippen molar-refractivity contribution in [3.8, 4) is 0 Å². The van der Waals surface area contributed by atoms with Crippen LogP contribution in [0.3, 0.4) is 0 Å². The molecule has 4 aliphatic rings. The second-order valence-electron chi connectivity index (χ2n) is 9.85. The zero-order valence-electron chi connectivity index (χ0n) is 17.5. The Bertz CT molecular complexity index is 960. The molecule has 3 nitrogen and oxygen atoms in total. The number of rotatable bonds is 1. The van der Waals surface area contributed by atoms with Gasteiger partial charge in [-0.1, -0.05) is 44.1 Å². The highest BCUT2D eigenvalue weighted by Gasteiger charge is 2.55. The summed E-state index contributed by atoms with van der Waals surface area (Å²) in [5.74, 6) is 1.14.